The molecule has 3 heterocycles. The number of benzene rings is 1. The van der Waals surface area contributed by atoms with Gasteiger partial charge in [-0.15, -0.1) is 0 Å². The van der Waals surface area contributed by atoms with Crippen molar-refractivity contribution in [3.8, 4) is 0 Å². The molecule has 31 heavy (non-hydrogen) atoms. The zero-order valence-corrected chi connectivity index (χ0v) is 18.3. The van der Waals surface area contributed by atoms with Gasteiger partial charge in [0, 0.05) is 26.8 Å². The molecule has 4 rings (SSSR count). The second-order valence-corrected chi connectivity index (χ2v) is 9.98. The Morgan fingerprint density at radius 1 is 1.19 bits per heavy atom. The highest BCUT2D eigenvalue weighted by molar-refractivity contribution is 7.89. The first-order valence-corrected chi connectivity index (χ1v) is 11.6. The smallest absolute Gasteiger partial charge is 0.250 e. The third-order valence-electron chi connectivity index (χ3n) is 5.61. The molecule has 0 spiro atoms. The molecule has 0 saturated carbocycles. The van der Waals surface area contributed by atoms with E-state index >= 15 is 0 Å². The number of sulfonamides is 1. The standard InChI is InChI=1S/C21H25N5O4S/c1-24(2)31(29,30)15-9-10-16-18(13-15)26(21(28)17-7-4-6-12-25(16)17)14-20(27)23-19-8-3-5-11-22-19/h3,5,8-11,13,17H,4,6-7,12,14H2,1-2H3,(H,22,23,27)/t17-/m1/s1. The van der Waals surface area contributed by atoms with Crippen molar-refractivity contribution >= 4 is 39.0 Å². The molecule has 164 valence electrons. The number of nitrogens with one attached hydrogen (secondary N) is 1. The van der Waals surface area contributed by atoms with Crippen molar-refractivity contribution in [2.75, 3.05) is 42.3 Å². The molecule has 0 aliphatic carbocycles. The van der Waals surface area contributed by atoms with E-state index in [1.807, 2.05) is 4.90 Å². The fourth-order valence-electron chi connectivity index (χ4n) is 4.03. The molecule has 9 nitrogen and oxygen atoms in total. The zero-order chi connectivity index (χ0) is 22.2. The molecular weight excluding hydrogens is 418 g/mol. The van der Waals surface area contributed by atoms with E-state index in [0.29, 0.717) is 17.9 Å². The van der Waals surface area contributed by atoms with E-state index in [0.717, 1.165) is 29.4 Å². The van der Waals surface area contributed by atoms with Gasteiger partial charge in [-0.1, -0.05) is 6.07 Å². The summed E-state index contributed by atoms with van der Waals surface area (Å²) in [5.74, 6) is -0.202. The maximum absolute atomic E-state index is 13.3. The molecule has 1 atom stereocenters. The number of carbonyl (C=O) groups is 2. The largest absolute Gasteiger partial charge is 0.358 e. The number of anilines is 3. The van der Waals surface area contributed by atoms with Gasteiger partial charge in [-0.05, 0) is 49.6 Å². The van der Waals surface area contributed by atoms with Gasteiger partial charge in [0.1, 0.15) is 18.4 Å². The number of aromatic nitrogens is 1. The number of hydrogen-bond acceptors (Lipinski definition) is 6. The van der Waals surface area contributed by atoms with E-state index in [-0.39, 0.29) is 23.4 Å². The molecule has 2 amide bonds. The third kappa shape index (κ3) is 4.00. The normalized spacial score (nSPS) is 18.5. The van der Waals surface area contributed by atoms with E-state index < -0.39 is 15.9 Å². The lowest BCUT2D eigenvalue weighted by molar-refractivity contribution is -0.123. The van der Waals surface area contributed by atoms with Crippen LogP contribution in [0.2, 0.25) is 0 Å². The molecule has 2 aliphatic rings. The highest BCUT2D eigenvalue weighted by Crippen LogP contribution is 2.40. The average molecular weight is 444 g/mol. The molecule has 0 bridgehead atoms. The summed E-state index contributed by atoms with van der Waals surface area (Å²) in [5.41, 5.74) is 1.20. The van der Waals surface area contributed by atoms with Gasteiger partial charge in [0.15, 0.2) is 0 Å². The average Bonchev–Trinajstić information content (AvgIpc) is 2.76. The Morgan fingerprint density at radius 2 is 2.00 bits per heavy atom. The van der Waals surface area contributed by atoms with E-state index in [1.165, 1.54) is 25.1 Å². The molecule has 1 N–H and O–H groups in total. The van der Waals surface area contributed by atoms with Crippen molar-refractivity contribution in [1.82, 2.24) is 9.29 Å². The summed E-state index contributed by atoms with van der Waals surface area (Å²) in [4.78, 5) is 33.6. The Balaban J connectivity index is 1.72. The molecule has 1 aromatic heterocycles. The summed E-state index contributed by atoms with van der Waals surface area (Å²) in [7, 11) is -0.777. The highest BCUT2D eigenvalue weighted by Gasteiger charge is 2.40. The maximum atomic E-state index is 13.3. The van der Waals surface area contributed by atoms with Crippen molar-refractivity contribution in [3.05, 3.63) is 42.6 Å². The number of pyridine rings is 1. The summed E-state index contributed by atoms with van der Waals surface area (Å²) in [6.45, 7) is 0.495. The van der Waals surface area contributed by atoms with Crippen LogP contribution in [-0.2, 0) is 19.6 Å². The molecular formula is C21H25N5O4S. The summed E-state index contributed by atoms with van der Waals surface area (Å²) in [6, 6.07) is 9.59. The van der Waals surface area contributed by atoms with Gasteiger partial charge in [-0.2, -0.15) is 0 Å². The van der Waals surface area contributed by atoms with Gasteiger partial charge >= 0.3 is 0 Å². The molecule has 1 aromatic carbocycles. The zero-order valence-electron chi connectivity index (χ0n) is 17.5. The van der Waals surface area contributed by atoms with Crippen LogP contribution < -0.4 is 15.1 Å². The summed E-state index contributed by atoms with van der Waals surface area (Å²) in [6.07, 6.45) is 4.16. The van der Waals surface area contributed by atoms with E-state index in [9.17, 15) is 18.0 Å². The number of hydrogen-bond donors (Lipinski definition) is 1. The van der Waals surface area contributed by atoms with Crippen molar-refractivity contribution in [2.24, 2.45) is 0 Å². The second kappa shape index (κ2) is 8.27. The van der Waals surface area contributed by atoms with Crippen LogP contribution in [0.15, 0.2) is 47.5 Å². The Bertz CT molecular complexity index is 1100. The van der Waals surface area contributed by atoms with Gasteiger partial charge in [-0.25, -0.2) is 17.7 Å². The topological polar surface area (TPSA) is 103 Å². The molecule has 2 aromatic rings. The molecule has 1 fully saturated rings. The summed E-state index contributed by atoms with van der Waals surface area (Å²) >= 11 is 0. The Kier molecular flexibility index (Phi) is 5.67. The first-order valence-electron chi connectivity index (χ1n) is 10.1. The minimum absolute atomic E-state index is 0.0784. The number of piperidine rings is 1. The minimum Gasteiger partial charge on any atom is -0.358 e. The Morgan fingerprint density at radius 3 is 2.71 bits per heavy atom. The lowest BCUT2D eigenvalue weighted by Crippen LogP contribution is -2.56. The van der Waals surface area contributed by atoms with Gasteiger partial charge in [0.05, 0.1) is 16.3 Å². The van der Waals surface area contributed by atoms with Crippen molar-refractivity contribution in [1.29, 1.82) is 0 Å². The molecule has 2 aliphatic heterocycles. The van der Waals surface area contributed by atoms with Crippen LogP contribution in [0.4, 0.5) is 17.2 Å². The Labute approximate surface area is 181 Å². The third-order valence-corrected chi connectivity index (χ3v) is 7.42. The predicted molar refractivity (Wildman–Crippen MR) is 118 cm³/mol. The van der Waals surface area contributed by atoms with E-state index in [4.69, 9.17) is 0 Å². The predicted octanol–water partition coefficient (Wildman–Crippen LogP) is 1.68. The fourth-order valence-corrected chi connectivity index (χ4v) is 4.96. The van der Waals surface area contributed by atoms with Crippen LogP contribution in [0, 0.1) is 0 Å². The lowest BCUT2D eigenvalue weighted by Gasteiger charge is -2.45. The summed E-state index contributed by atoms with van der Waals surface area (Å²) in [5, 5.41) is 2.69. The summed E-state index contributed by atoms with van der Waals surface area (Å²) < 4.78 is 26.5. The molecule has 10 heteroatoms. The van der Waals surface area contributed by atoms with Gasteiger partial charge in [0.25, 0.3) is 0 Å². The number of rotatable bonds is 5. The van der Waals surface area contributed by atoms with Crippen LogP contribution in [0.5, 0.6) is 0 Å². The number of carbonyl (C=O) groups excluding carboxylic acids is 2. The second-order valence-electron chi connectivity index (χ2n) is 7.83. The lowest BCUT2D eigenvalue weighted by atomic mass is 9.96. The van der Waals surface area contributed by atoms with Crippen molar-refractivity contribution in [2.45, 2.75) is 30.2 Å². The number of nitrogens with zero attached hydrogens (tertiary/aromatic N) is 4. The van der Waals surface area contributed by atoms with Crippen LogP contribution in [0.3, 0.4) is 0 Å². The fraction of sp³-hybridized carbons (Fsp3) is 0.381. The number of fused-ring (bicyclic) bond motifs is 3. The van der Waals surface area contributed by atoms with Crippen LogP contribution in [-0.4, -0.2) is 62.7 Å². The quantitative estimate of drug-likeness (QED) is 0.754. The monoisotopic (exact) mass is 443 g/mol. The number of amides is 2. The SMILES string of the molecule is CN(C)S(=O)(=O)c1ccc2c(c1)N(CC(=O)Nc1ccccn1)C(=O)[C@H]1CCCCN21. The molecule has 0 radical (unpaired) electrons. The molecule has 0 unspecified atom stereocenters. The van der Waals surface area contributed by atoms with Crippen LogP contribution >= 0.6 is 0 Å². The van der Waals surface area contributed by atoms with Crippen LogP contribution in [0.25, 0.3) is 0 Å². The first-order chi connectivity index (χ1) is 14.8. The highest BCUT2D eigenvalue weighted by atomic mass is 32.2. The van der Waals surface area contributed by atoms with E-state index in [1.54, 1.807) is 36.5 Å². The molecule has 1 saturated heterocycles. The first kappa shape index (κ1) is 21.3. The van der Waals surface area contributed by atoms with Crippen molar-refractivity contribution < 1.29 is 18.0 Å². The maximum Gasteiger partial charge on any atom is 0.250 e. The van der Waals surface area contributed by atoms with Crippen molar-refractivity contribution in [3.63, 3.8) is 0 Å². The van der Waals surface area contributed by atoms with Gasteiger partial charge in [-0.3, -0.25) is 14.5 Å². The van der Waals surface area contributed by atoms with Gasteiger partial charge in [0.2, 0.25) is 21.8 Å². The van der Waals surface area contributed by atoms with Crippen LogP contribution in [0.1, 0.15) is 19.3 Å². The van der Waals surface area contributed by atoms with Gasteiger partial charge < -0.3 is 10.2 Å². The Hall–Kier alpha value is -2.98. The minimum atomic E-state index is -3.69. The van der Waals surface area contributed by atoms with E-state index in [2.05, 4.69) is 10.3 Å².